The van der Waals surface area contributed by atoms with Crippen LogP contribution in [0, 0.1) is 0 Å². The summed E-state index contributed by atoms with van der Waals surface area (Å²) in [4.78, 5) is 21.6. The number of carbonyl (C=O) groups excluding carboxylic acids is 2. The summed E-state index contributed by atoms with van der Waals surface area (Å²) in [5.41, 5.74) is 1.61. The van der Waals surface area contributed by atoms with Crippen molar-refractivity contribution in [1.82, 2.24) is 0 Å². The number of rotatable bonds is 4. The van der Waals surface area contributed by atoms with E-state index in [1.165, 1.54) is 13.8 Å². The van der Waals surface area contributed by atoms with Crippen LogP contribution in [0.1, 0.15) is 19.6 Å². The van der Waals surface area contributed by atoms with Crippen molar-refractivity contribution in [3.05, 3.63) is 42.2 Å². The van der Waals surface area contributed by atoms with Crippen LogP contribution in [0.25, 0.3) is 11.3 Å². The first-order valence-electron chi connectivity index (χ1n) is 6.14. The topological polar surface area (TPSA) is 68.5 Å². The smallest absolute Gasteiger partial charge is 0.303 e. The van der Waals surface area contributed by atoms with Gasteiger partial charge in [0.15, 0.2) is 0 Å². The highest BCUT2D eigenvalue weighted by molar-refractivity contribution is 5.88. The summed E-state index contributed by atoms with van der Waals surface area (Å²) < 4.78 is 10.4. The minimum absolute atomic E-state index is 0.112. The molecule has 0 spiro atoms. The average Bonchev–Trinajstić information content (AvgIpc) is 2.85. The van der Waals surface area contributed by atoms with Crippen molar-refractivity contribution in [3.8, 4) is 11.3 Å². The fourth-order valence-electron chi connectivity index (χ4n) is 1.70. The Morgan fingerprint density at radius 1 is 1.10 bits per heavy atom. The summed E-state index contributed by atoms with van der Waals surface area (Å²) in [6.07, 6.45) is 0. The monoisotopic (exact) mass is 273 g/mol. The van der Waals surface area contributed by atoms with Gasteiger partial charge in [0, 0.05) is 25.1 Å². The predicted molar refractivity (Wildman–Crippen MR) is 73.9 cm³/mol. The van der Waals surface area contributed by atoms with Gasteiger partial charge < -0.3 is 14.5 Å². The summed E-state index contributed by atoms with van der Waals surface area (Å²) in [7, 11) is 0. The van der Waals surface area contributed by atoms with Crippen LogP contribution in [-0.2, 0) is 20.9 Å². The number of carbonyl (C=O) groups is 2. The van der Waals surface area contributed by atoms with Crippen LogP contribution < -0.4 is 5.32 Å². The minimum Gasteiger partial charge on any atom is -0.458 e. The van der Waals surface area contributed by atoms with Crippen LogP contribution in [0.3, 0.4) is 0 Å². The first-order chi connectivity index (χ1) is 9.54. The number of furan rings is 1. The normalized spacial score (nSPS) is 10.1. The highest BCUT2D eigenvalue weighted by Gasteiger charge is 2.06. The van der Waals surface area contributed by atoms with Gasteiger partial charge in [-0.1, -0.05) is 0 Å². The lowest BCUT2D eigenvalue weighted by Gasteiger charge is -2.03. The number of hydrogen-bond donors (Lipinski definition) is 1. The summed E-state index contributed by atoms with van der Waals surface area (Å²) in [5, 5.41) is 2.69. The molecule has 2 aromatic rings. The first kappa shape index (κ1) is 13.9. The van der Waals surface area contributed by atoms with Crippen molar-refractivity contribution in [3.63, 3.8) is 0 Å². The van der Waals surface area contributed by atoms with Gasteiger partial charge >= 0.3 is 5.97 Å². The van der Waals surface area contributed by atoms with Crippen molar-refractivity contribution < 1.29 is 18.7 Å². The van der Waals surface area contributed by atoms with Crippen molar-refractivity contribution in [2.24, 2.45) is 0 Å². The van der Waals surface area contributed by atoms with Gasteiger partial charge in [-0.3, -0.25) is 9.59 Å². The second kappa shape index (κ2) is 6.06. The molecule has 0 aliphatic rings. The van der Waals surface area contributed by atoms with E-state index in [2.05, 4.69) is 5.32 Å². The number of anilines is 1. The van der Waals surface area contributed by atoms with E-state index in [0.717, 1.165) is 11.3 Å². The van der Waals surface area contributed by atoms with Gasteiger partial charge in [0.25, 0.3) is 0 Å². The molecule has 0 fully saturated rings. The number of nitrogens with one attached hydrogen (secondary N) is 1. The van der Waals surface area contributed by atoms with Gasteiger partial charge in [0.1, 0.15) is 18.1 Å². The van der Waals surface area contributed by atoms with E-state index in [9.17, 15) is 9.59 Å². The van der Waals surface area contributed by atoms with E-state index in [0.29, 0.717) is 11.5 Å². The van der Waals surface area contributed by atoms with Gasteiger partial charge in [-0.05, 0) is 36.4 Å². The van der Waals surface area contributed by atoms with Crippen molar-refractivity contribution in [2.45, 2.75) is 20.5 Å². The van der Waals surface area contributed by atoms with E-state index >= 15 is 0 Å². The molecule has 1 aromatic heterocycles. The van der Waals surface area contributed by atoms with Gasteiger partial charge in [-0.2, -0.15) is 0 Å². The van der Waals surface area contributed by atoms with Crippen LogP contribution in [0.5, 0.6) is 0 Å². The molecule has 0 saturated heterocycles. The van der Waals surface area contributed by atoms with Gasteiger partial charge in [0.2, 0.25) is 5.91 Å². The van der Waals surface area contributed by atoms with E-state index in [4.69, 9.17) is 9.15 Å². The Labute approximate surface area is 116 Å². The Hall–Kier alpha value is -2.56. The summed E-state index contributed by atoms with van der Waals surface area (Å²) in [6.45, 7) is 2.94. The molecular formula is C15H15NO4. The maximum Gasteiger partial charge on any atom is 0.303 e. The number of benzene rings is 1. The second-order valence-electron chi connectivity index (χ2n) is 4.30. The lowest BCUT2D eigenvalue weighted by Crippen LogP contribution is -2.05. The maximum atomic E-state index is 10.9. The molecule has 1 amide bonds. The molecule has 1 N–H and O–H groups in total. The molecule has 0 unspecified atom stereocenters. The Kier molecular flexibility index (Phi) is 4.20. The van der Waals surface area contributed by atoms with Crippen molar-refractivity contribution in [1.29, 1.82) is 0 Å². The van der Waals surface area contributed by atoms with Crippen LogP contribution in [0.4, 0.5) is 5.69 Å². The molecule has 0 aliphatic carbocycles. The SMILES string of the molecule is CC(=O)Nc1ccc(-c2ccc(COC(C)=O)o2)cc1. The standard InChI is InChI=1S/C15H15NO4/c1-10(17)16-13-5-3-12(4-6-13)15-8-7-14(20-15)9-19-11(2)18/h3-8H,9H2,1-2H3,(H,16,17). The zero-order valence-electron chi connectivity index (χ0n) is 11.3. The third-order valence-corrected chi connectivity index (χ3v) is 2.57. The van der Waals surface area contributed by atoms with E-state index in [1.54, 1.807) is 18.2 Å². The largest absolute Gasteiger partial charge is 0.458 e. The molecular weight excluding hydrogens is 258 g/mol. The van der Waals surface area contributed by atoms with E-state index < -0.39 is 0 Å². The van der Waals surface area contributed by atoms with Crippen LogP contribution in [-0.4, -0.2) is 11.9 Å². The van der Waals surface area contributed by atoms with E-state index in [1.807, 2.05) is 18.2 Å². The first-order valence-corrected chi connectivity index (χ1v) is 6.14. The van der Waals surface area contributed by atoms with E-state index in [-0.39, 0.29) is 18.5 Å². The third-order valence-electron chi connectivity index (χ3n) is 2.57. The van der Waals surface area contributed by atoms with Crippen LogP contribution in [0.2, 0.25) is 0 Å². The van der Waals surface area contributed by atoms with Gasteiger partial charge in [0.05, 0.1) is 0 Å². The highest BCUT2D eigenvalue weighted by atomic mass is 16.5. The second-order valence-corrected chi connectivity index (χ2v) is 4.30. The minimum atomic E-state index is -0.345. The molecule has 20 heavy (non-hydrogen) atoms. The van der Waals surface area contributed by atoms with Crippen LogP contribution >= 0.6 is 0 Å². The Morgan fingerprint density at radius 2 is 1.80 bits per heavy atom. The fraction of sp³-hybridized carbons (Fsp3) is 0.200. The average molecular weight is 273 g/mol. The molecule has 2 rings (SSSR count). The lowest BCUT2D eigenvalue weighted by atomic mass is 10.1. The molecule has 0 aliphatic heterocycles. The Balaban J connectivity index is 2.07. The number of hydrogen-bond acceptors (Lipinski definition) is 4. The highest BCUT2D eigenvalue weighted by Crippen LogP contribution is 2.24. The molecule has 1 heterocycles. The lowest BCUT2D eigenvalue weighted by molar-refractivity contribution is -0.142. The number of esters is 1. The Morgan fingerprint density at radius 3 is 2.40 bits per heavy atom. The molecule has 0 atom stereocenters. The predicted octanol–water partition coefficient (Wildman–Crippen LogP) is 2.97. The quantitative estimate of drug-likeness (QED) is 0.869. The summed E-state index contributed by atoms with van der Waals surface area (Å²) >= 11 is 0. The molecule has 104 valence electrons. The molecule has 5 nitrogen and oxygen atoms in total. The van der Waals surface area contributed by atoms with Crippen LogP contribution in [0.15, 0.2) is 40.8 Å². The molecule has 0 bridgehead atoms. The molecule has 1 aromatic carbocycles. The van der Waals surface area contributed by atoms with Gasteiger partial charge in [-0.25, -0.2) is 0 Å². The number of ether oxygens (including phenoxy) is 1. The maximum absolute atomic E-state index is 10.9. The molecule has 0 radical (unpaired) electrons. The third kappa shape index (κ3) is 3.71. The summed E-state index contributed by atoms with van der Waals surface area (Å²) in [6, 6.07) is 10.9. The number of amides is 1. The fourth-order valence-corrected chi connectivity index (χ4v) is 1.70. The zero-order chi connectivity index (χ0) is 14.5. The zero-order valence-corrected chi connectivity index (χ0v) is 11.3. The van der Waals surface area contributed by atoms with Crippen molar-refractivity contribution >= 4 is 17.6 Å². The molecule has 0 saturated carbocycles. The van der Waals surface area contributed by atoms with Gasteiger partial charge in [-0.15, -0.1) is 0 Å². The van der Waals surface area contributed by atoms with Crippen molar-refractivity contribution in [2.75, 3.05) is 5.32 Å². The molecule has 5 heteroatoms. The summed E-state index contributed by atoms with van der Waals surface area (Å²) in [5.74, 6) is 0.810. The Bertz CT molecular complexity index is 613.